The van der Waals surface area contributed by atoms with Crippen LogP contribution in [0, 0.1) is 0 Å². The van der Waals surface area contributed by atoms with Crippen LogP contribution in [-0.4, -0.2) is 22.0 Å². The Bertz CT molecular complexity index is 59.1. The Morgan fingerprint density at radius 2 is 1.75 bits per heavy atom. The Balaban J connectivity index is 3.46. The predicted octanol–water partition coefficient (Wildman–Crippen LogP) is 0.633. The number of hydrogen-bond acceptors (Lipinski definition) is 2. The second-order valence-corrected chi connectivity index (χ2v) is 3.39. The lowest BCUT2D eigenvalue weighted by Gasteiger charge is -2.10. The van der Waals surface area contributed by atoms with Gasteiger partial charge in [-0.25, -0.2) is 0 Å². The van der Waals surface area contributed by atoms with E-state index in [2.05, 4.69) is 15.9 Å². The molecule has 0 spiro atoms. The molecule has 0 aliphatic heterocycles. The van der Waals surface area contributed by atoms with Gasteiger partial charge < -0.3 is 10.0 Å². The molecule has 0 radical (unpaired) electrons. The van der Waals surface area contributed by atoms with Crippen LogP contribution in [0.2, 0.25) is 5.82 Å². The average Bonchev–Trinajstić information content (AvgIpc) is 1.64. The molecule has 0 rings (SSSR count). The lowest BCUT2D eigenvalue weighted by molar-refractivity contribution is 0.388. The van der Waals surface area contributed by atoms with Crippen LogP contribution in [0.25, 0.3) is 0 Å². The molecule has 0 amide bonds. The van der Waals surface area contributed by atoms with Crippen LogP contribution in [0.3, 0.4) is 0 Å². The molecule has 0 aromatic carbocycles. The first-order valence-corrected chi connectivity index (χ1v) is 3.47. The van der Waals surface area contributed by atoms with Crippen LogP contribution in [-0.2, 0) is 0 Å². The molecule has 0 fully saturated rings. The summed E-state index contributed by atoms with van der Waals surface area (Å²) in [6.45, 7) is 3.65. The van der Waals surface area contributed by atoms with Gasteiger partial charge in [0.25, 0.3) is 0 Å². The van der Waals surface area contributed by atoms with E-state index in [0.717, 1.165) is 0 Å². The Hall–Kier alpha value is 0.465. The van der Waals surface area contributed by atoms with Crippen LogP contribution < -0.4 is 0 Å². The SMILES string of the molecule is CC(Br)[C@H](C)B(O)O. The van der Waals surface area contributed by atoms with Gasteiger partial charge in [-0.05, 0) is 0 Å². The van der Waals surface area contributed by atoms with E-state index in [0.29, 0.717) is 0 Å². The largest absolute Gasteiger partial charge is 0.455 e. The van der Waals surface area contributed by atoms with Crippen molar-refractivity contribution in [2.45, 2.75) is 24.5 Å². The molecule has 2 N–H and O–H groups in total. The smallest absolute Gasteiger partial charge is 0.427 e. The Morgan fingerprint density at radius 1 is 1.38 bits per heavy atom. The minimum atomic E-state index is -1.20. The summed E-state index contributed by atoms with van der Waals surface area (Å²) in [7, 11) is -1.20. The van der Waals surface area contributed by atoms with Crippen molar-refractivity contribution in [2.24, 2.45) is 0 Å². The van der Waals surface area contributed by atoms with E-state index >= 15 is 0 Å². The van der Waals surface area contributed by atoms with Crippen molar-refractivity contribution in [1.82, 2.24) is 0 Å². The van der Waals surface area contributed by atoms with Gasteiger partial charge in [-0.2, -0.15) is 0 Å². The van der Waals surface area contributed by atoms with Crippen molar-refractivity contribution in [2.75, 3.05) is 0 Å². The highest BCUT2D eigenvalue weighted by atomic mass is 79.9. The fourth-order valence-corrected chi connectivity index (χ4v) is 0.510. The van der Waals surface area contributed by atoms with Gasteiger partial charge in [0.05, 0.1) is 0 Å². The normalized spacial score (nSPS) is 17.6. The first-order valence-electron chi connectivity index (χ1n) is 2.56. The molecule has 0 aromatic rings. The van der Waals surface area contributed by atoms with Crippen LogP contribution in [0.5, 0.6) is 0 Å². The highest BCUT2D eigenvalue weighted by Crippen LogP contribution is 2.17. The van der Waals surface area contributed by atoms with E-state index in [-0.39, 0.29) is 10.6 Å². The maximum absolute atomic E-state index is 8.52. The lowest BCUT2D eigenvalue weighted by Crippen LogP contribution is -2.22. The maximum atomic E-state index is 8.52. The summed E-state index contributed by atoms with van der Waals surface area (Å²) >= 11 is 3.22. The fraction of sp³-hybridized carbons (Fsp3) is 1.00. The van der Waals surface area contributed by atoms with Gasteiger partial charge in [-0.15, -0.1) is 0 Å². The molecular formula is C4H10BBrO2. The highest BCUT2D eigenvalue weighted by Gasteiger charge is 2.21. The van der Waals surface area contributed by atoms with E-state index in [9.17, 15) is 0 Å². The van der Waals surface area contributed by atoms with Crippen molar-refractivity contribution in [1.29, 1.82) is 0 Å². The standard InChI is InChI=1S/C4H10BBrO2/c1-3(4(2)6)5(7)8/h3-4,7-8H,1-2H3/t3-,4?/m0/s1. The van der Waals surface area contributed by atoms with Gasteiger partial charge in [0.2, 0.25) is 0 Å². The number of alkyl halides is 1. The van der Waals surface area contributed by atoms with E-state index in [1.807, 2.05) is 6.92 Å². The molecule has 0 aromatic heterocycles. The summed E-state index contributed by atoms with van der Waals surface area (Å²) in [5.41, 5.74) is 0. The fourth-order valence-electron chi connectivity index (χ4n) is 0.237. The van der Waals surface area contributed by atoms with E-state index in [4.69, 9.17) is 10.0 Å². The monoisotopic (exact) mass is 180 g/mol. The molecule has 0 bridgehead atoms. The third kappa shape index (κ3) is 2.69. The Kier molecular flexibility index (Phi) is 3.69. The zero-order valence-corrected chi connectivity index (χ0v) is 6.59. The molecule has 2 atom stereocenters. The molecule has 0 aliphatic carbocycles. The second-order valence-electron chi connectivity index (χ2n) is 1.95. The quantitative estimate of drug-likeness (QED) is 0.484. The summed E-state index contributed by atoms with van der Waals surface area (Å²) in [5.74, 6) is -0.102. The molecule has 0 saturated carbocycles. The van der Waals surface area contributed by atoms with Crippen molar-refractivity contribution in [3.63, 3.8) is 0 Å². The first kappa shape index (κ1) is 8.46. The van der Waals surface area contributed by atoms with Crippen LogP contribution in [0.15, 0.2) is 0 Å². The van der Waals surface area contributed by atoms with Crippen molar-refractivity contribution in [3.8, 4) is 0 Å². The van der Waals surface area contributed by atoms with Gasteiger partial charge in [0.15, 0.2) is 0 Å². The summed E-state index contributed by atoms with van der Waals surface area (Å²) in [6, 6.07) is 0. The number of rotatable bonds is 2. The minimum Gasteiger partial charge on any atom is -0.427 e. The van der Waals surface area contributed by atoms with Gasteiger partial charge in [0.1, 0.15) is 0 Å². The molecule has 1 unspecified atom stereocenters. The zero-order valence-electron chi connectivity index (χ0n) is 5.00. The van der Waals surface area contributed by atoms with E-state index in [1.165, 1.54) is 0 Å². The number of hydrogen-bond donors (Lipinski definition) is 2. The van der Waals surface area contributed by atoms with Crippen LogP contribution in [0.1, 0.15) is 13.8 Å². The topological polar surface area (TPSA) is 40.5 Å². The van der Waals surface area contributed by atoms with Crippen molar-refractivity contribution >= 4 is 23.0 Å². The highest BCUT2D eigenvalue weighted by molar-refractivity contribution is 9.09. The second kappa shape index (κ2) is 3.48. The summed E-state index contributed by atoms with van der Waals surface area (Å²) in [6.07, 6.45) is 0. The van der Waals surface area contributed by atoms with Gasteiger partial charge in [0, 0.05) is 10.6 Å². The summed E-state index contributed by atoms with van der Waals surface area (Å²) in [4.78, 5) is 0.155. The number of halogens is 1. The van der Waals surface area contributed by atoms with E-state index < -0.39 is 7.12 Å². The van der Waals surface area contributed by atoms with Gasteiger partial charge >= 0.3 is 7.12 Å². The van der Waals surface area contributed by atoms with Gasteiger partial charge in [-0.1, -0.05) is 29.8 Å². The summed E-state index contributed by atoms with van der Waals surface area (Å²) < 4.78 is 0. The zero-order chi connectivity index (χ0) is 6.73. The third-order valence-electron chi connectivity index (χ3n) is 1.19. The molecule has 8 heavy (non-hydrogen) atoms. The van der Waals surface area contributed by atoms with Crippen molar-refractivity contribution < 1.29 is 10.0 Å². The molecule has 0 saturated heterocycles. The van der Waals surface area contributed by atoms with Crippen molar-refractivity contribution in [3.05, 3.63) is 0 Å². The first-order chi connectivity index (χ1) is 3.55. The molecule has 0 heterocycles. The predicted molar refractivity (Wildman–Crippen MR) is 38.0 cm³/mol. The lowest BCUT2D eigenvalue weighted by atomic mass is 9.73. The maximum Gasteiger partial charge on any atom is 0.455 e. The minimum absolute atomic E-state index is 0.102. The molecule has 2 nitrogen and oxygen atoms in total. The molecule has 4 heteroatoms. The molecular weight excluding hydrogens is 171 g/mol. The van der Waals surface area contributed by atoms with Crippen LogP contribution in [0.4, 0.5) is 0 Å². The Morgan fingerprint density at radius 3 is 1.75 bits per heavy atom. The molecule has 0 aliphatic rings. The van der Waals surface area contributed by atoms with Crippen LogP contribution >= 0.6 is 15.9 Å². The average molecular weight is 181 g/mol. The van der Waals surface area contributed by atoms with E-state index in [1.54, 1.807) is 6.92 Å². The van der Waals surface area contributed by atoms with Gasteiger partial charge in [-0.3, -0.25) is 0 Å². The third-order valence-corrected chi connectivity index (χ3v) is 2.03. The molecule has 48 valence electrons. The Labute approximate surface area is 58.2 Å². The summed E-state index contributed by atoms with van der Waals surface area (Å²) in [5, 5.41) is 17.0.